The van der Waals surface area contributed by atoms with E-state index in [1.165, 1.54) is 6.42 Å². The number of nitrogens with two attached hydrogens (primary N) is 1. The monoisotopic (exact) mass is 170 g/mol. The molecule has 0 aromatic heterocycles. The maximum atomic E-state index is 11.1. The lowest BCUT2D eigenvalue weighted by molar-refractivity contribution is -0.121. The van der Waals surface area contributed by atoms with Gasteiger partial charge in [0.15, 0.2) is 0 Å². The minimum Gasteiger partial charge on any atom is -0.354 e. The van der Waals surface area contributed by atoms with Crippen LogP contribution in [0.5, 0.6) is 0 Å². The van der Waals surface area contributed by atoms with Crippen LogP contribution in [0.3, 0.4) is 0 Å². The Bertz CT molecular complexity index is 164. The van der Waals surface area contributed by atoms with Crippen LogP contribution < -0.4 is 11.1 Å². The predicted molar refractivity (Wildman–Crippen MR) is 48.7 cm³/mol. The van der Waals surface area contributed by atoms with E-state index in [-0.39, 0.29) is 11.4 Å². The first-order valence-electron chi connectivity index (χ1n) is 4.72. The highest BCUT2D eigenvalue weighted by Crippen LogP contribution is 2.27. The average molecular weight is 170 g/mol. The molecule has 1 amide bonds. The molecular weight excluding hydrogens is 152 g/mol. The first-order valence-corrected chi connectivity index (χ1v) is 4.72. The van der Waals surface area contributed by atoms with Crippen LogP contribution in [0.2, 0.25) is 0 Å². The average Bonchev–Trinajstić information content (AvgIpc) is 1.98. The fourth-order valence-electron chi connectivity index (χ4n) is 1.40. The van der Waals surface area contributed by atoms with Gasteiger partial charge in [0.1, 0.15) is 0 Å². The Labute approximate surface area is 73.7 Å². The lowest BCUT2D eigenvalue weighted by Gasteiger charge is -2.38. The van der Waals surface area contributed by atoms with Gasteiger partial charge in [-0.2, -0.15) is 0 Å². The SMILES string of the molecule is CCCC(=O)NCC1(N)CCC1. The van der Waals surface area contributed by atoms with Crippen LogP contribution in [0.1, 0.15) is 39.0 Å². The lowest BCUT2D eigenvalue weighted by Crippen LogP contribution is -2.54. The van der Waals surface area contributed by atoms with Crippen LogP contribution in [0, 0.1) is 0 Å². The van der Waals surface area contributed by atoms with E-state index in [1.807, 2.05) is 6.92 Å². The van der Waals surface area contributed by atoms with Gasteiger partial charge in [-0.3, -0.25) is 4.79 Å². The second kappa shape index (κ2) is 3.90. The van der Waals surface area contributed by atoms with E-state index in [1.54, 1.807) is 0 Å². The molecule has 3 nitrogen and oxygen atoms in total. The molecule has 3 heteroatoms. The summed E-state index contributed by atoms with van der Waals surface area (Å²) in [6, 6.07) is 0. The molecule has 1 aliphatic rings. The zero-order chi connectivity index (χ0) is 9.03. The Hall–Kier alpha value is -0.570. The molecule has 0 heterocycles. The van der Waals surface area contributed by atoms with Crippen molar-refractivity contribution in [2.24, 2.45) is 5.73 Å². The third kappa shape index (κ3) is 2.48. The van der Waals surface area contributed by atoms with Gasteiger partial charge in [0, 0.05) is 18.5 Å². The summed E-state index contributed by atoms with van der Waals surface area (Å²) in [5.41, 5.74) is 5.85. The highest BCUT2D eigenvalue weighted by atomic mass is 16.1. The molecule has 0 saturated heterocycles. The summed E-state index contributed by atoms with van der Waals surface area (Å²) in [6.45, 7) is 2.66. The molecule has 70 valence electrons. The van der Waals surface area contributed by atoms with Crippen molar-refractivity contribution < 1.29 is 4.79 Å². The van der Waals surface area contributed by atoms with Crippen LogP contribution in [0.15, 0.2) is 0 Å². The zero-order valence-electron chi connectivity index (χ0n) is 7.73. The molecule has 0 atom stereocenters. The molecule has 0 bridgehead atoms. The van der Waals surface area contributed by atoms with Crippen molar-refractivity contribution in [3.63, 3.8) is 0 Å². The summed E-state index contributed by atoms with van der Waals surface area (Å²) in [5.74, 6) is 0.134. The van der Waals surface area contributed by atoms with Crippen molar-refractivity contribution >= 4 is 5.91 Å². The molecule has 1 aliphatic carbocycles. The van der Waals surface area contributed by atoms with E-state index < -0.39 is 0 Å². The number of carbonyl (C=O) groups excluding carboxylic acids is 1. The third-order valence-corrected chi connectivity index (χ3v) is 2.46. The molecule has 3 N–H and O–H groups in total. The van der Waals surface area contributed by atoms with Crippen molar-refractivity contribution in [1.82, 2.24) is 5.32 Å². The molecule has 0 aromatic carbocycles. The van der Waals surface area contributed by atoms with E-state index in [2.05, 4.69) is 5.32 Å². The van der Waals surface area contributed by atoms with E-state index >= 15 is 0 Å². The minimum absolute atomic E-state index is 0.0800. The van der Waals surface area contributed by atoms with Crippen molar-refractivity contribution in [2.75, 3.05) is 6.54 Å². The molecule has 1 fully saturated rings. The topological polar surface area (TPSA) is 55.1 Å². The number of nitrogens with one attached hydrogen (secondary N) is 1. The summed E-state index contributed by atoms with van der Waals surface area (Å²) in [5, 5.41) is 2.86. The van der Waals surface area contributed by atoms with E-state index in [0.717, 1.165) is 19.3 Å². The van der Waals surface area contributed by atoms with Crippen LogP contribution >= 0.6 is 0 Å². The fraction of sp³-hybridized carbons (Fsp3) is 0.889. The molecule has 0 aliphatic heterocycles. The molecule has 1 saturated carbocycles. The number of rotatable bonds is 4. The van der Waals surface area contributed by atoms with Crippen LogP contribution in [0.25, 0.3) is 0 Å². The quantitative estimate of drug-likeness (QED) is 0.655. The van der Waals surface area contributed by atoms with Crippen LogP contribution in [0.4, 0.5) is 0 Å². The Kier molecular flexibility index (Phi) is 3.09. The molecule has 0 spiro atoms. The smallest absolute Gasteiger partial charge is 0.220 e. The maximum Gasteiger partial charge on any atom is 0.220 e. The number of amides is 1. The Morgan fingerprint density at radius 2 is 2.25 bits per heavy atom. The summed E-state index contributed by atoms with van der Waals surface area (Å²) in [7, 11) is 0. The summed E-state index contributed by atoms with van der Waals surface area (Å²) >= 11 is 0. The van der Waals surface area contributed by atoms with Gasteiger partial charge in [0.05, 0.1) is 0 Å². The van der Waals surface area contributed by atoms with E-state index in [4.69, 9.17) is 5.73 Å². The van der Waals surface area contributed by atoms with Gasteiger partial charge in [-0.25, -0.2) is 0 Å². The molecular formula is C9H18N2O. The highest BCUT2D eigenvalue weighted by molar-refractivity contribution is 5.75. The number of carbonyl (C=O) groups is 1. The summed E-state index contributed by atoms with van der Waals surface area (Å²) in [4.78, 5) is 11.1. The van der Waals surface area contributed by atoms with Crippen LogP contribution in [-0.2, 0) is 4.79 Å². The molecule has 0 aromatic rings. The second-order valence-electron chi connectivity index (χ2n) is 3.74. The second-order valence-corrected chi connectivity index (χ2v) is 3.74. The van der Waals surface area contributed by atoms with Gasteiger partial charge in [0.25, 0.3) is 0 Å². The predicted octanol–water partition coefficient (Wildman–Crippen LogP) is 0.784. The lowest BCUT2D eigenvalue weighted by atomic mass is 9.78. The Balaban J connectivity index is 2.12. The van der Waals surface area contributed by atoms with Crippen molar-refractivity contribution in [1.29, 1.82) is 0 Å². The first-order chi connectivity index (χ1) is 5.66. The number of hydrogen-bond donors (Lipinski definition) is 2. The molecule has 12 heavy (non-hydrogen) atoms. The van der Waals surface area contributed by atoms with Gasteiger partial charge in [-0.05, 0) is 25.7 Å². The van der Waals surface area contributed by atoms with Gasteiger partial charge >= 0.3 is 0 Å². The normalized spacial score (nSPS) is 19.8. The van der Waals surface area contributed by atoms with Gasteiger partial charge in [0.2, 0.25) is 5.91 Å². The Morgan fingerprint density at radius 1 is 1.58 bits per heavy atom. The van der Waals surface area contributed by atoms with E-state index in [9.17, 15) is 4.79 Å². The fourth-order valence-corrected chi connectivity index (χ4v) is 1.40. The van der Waals surface area contributed by atoms with Crippen molar-refractivity contribution in [3.8, 4) is 0 Å². The number of hydrogen-bond acceptors (Lipinski definition) is 2. The standard InChI is InChI=1S/C9H18N2O/c1-2-4-8(12)11-7-9(10)5-3-6-9/h2-7,10H2,1H3,(H,11,12). The zero-order valence-corrected chi connectivity index (χ0v) is 7.73. The summed E-state index contributed by atoms with van der Waals surface area (Å²) < 4.78 is 0. The highest BCUT2D eigenvalue weighted by Gasteiger charge is 2.32. The molecule has 1 rings (SSSR count). The molecule has 0 unspecified atom stereocenters. The molecule has 0 radical (unpaired) electrons. The van der Waals surface area contributed by atoms with Crippen molar-refractivity contribution in [2.45, 2.75) is 44.6 Å². The van der Waals surface area contributed by atoms with Gasteiger partial charge in [-0.15, -0.1) is 0 Å². The van der Waals surface area contributed by atoms with Crippen molar-refractivity contribution in [3.05, 3.63) is 0 Å². The maximum absolute atomic E-state index is 11.1. The van der Waals surface area contributed by atoms with Crippen LogP contribution in [-0.4, -0.2) is 18.0 Å². The summed E-state index contributed by atoms with van der Waals surface area (Å²) in [6.07, 6.45) is 4.85. The third-order valence-electron chi connectivity index (χ3n) is 2.46. The van der Waals surface area contributed by atoms with E-state index in [0.29, 0.717) is 13.0 Å². The van der Waals surface area contributed by atoms with Gasteiger partial charge < -0.3 is 11.1 Å². The minimum atomic E-state index is -0.0800. The largest absolute Gasteiger partial charge is 0.354 e. The first kappa shape index (κ1) is 9.52. The Morgan fingerprint density at radius 3 is 2.67 bits per heavy atom. The van der Waals surface area contributed by atoms with Gasteiger partial charge in [-0.1, -0.05) is 6.92 Å².